The number of para-hydroxylation sites is 1. The number of halogens is 2. The summed E-state index contributed by atoms with van der Waals surface area (Å²) >= 11 is -0.556. The summed E-state index contributed by atoms with van der Waals surface area (Å²) in [5.74, 6) is 1.25. The summed E-state index contributed by atoms with van der Waals surface area (Å²) in [5, 5.41) is 9.93. The van der Waals surface area contributed by atoms with Gasteiger partial charge in [0.1, 0.15) is 5.75 Å². The number of phenols is 1. The number of benzene rings is 3. The Bertz CT molecular complexity index is 852. The Morgan fingerprint density at radius 2 is 1.38 bits per heavy atom. The van der Waals surface area contributed by atoms with Gasteiger partial charge in [-0.05, 0) is 29.4 Å². The van der Waals surface area contributed by atoms with Gasteiger partial charge in [-0.1, -0.05) is 81.3 Å². The van der Waals surface area contributed by atoms with Gasteiger partial charge in [0.25, 0.3) is 0 Å². The van der Waals surface area contributed by atoms with Gasteiger partial charge in [-0.15, -0.1) is 5.56 Å². The van der Waals surface area contributed by atoms with Crippen LogP contribution in [-0.4, -0.2) is 5.11 Å². The second kappa shape index (κ2) is 11.8. The zero-order chi connectivity index (χ0) is 21.4. The quantitative estimate of drug-likeness (QED) is 0.236. The van der Waals surface area contributed by atoms with E-state index in [-0.39, 0.29) is 0 Å². The summed E-state index contributed by atoms with van der Waals surface area (Å²) in [5.41, 5.74) is 7.61. The molecule has 152 valence electrons. The van der Waals surface area contributed by atoms with Crippen molar-refractivity contribution in [2.75, 3.05) is 0 Å². The van der Waals surface area contributed by atoms with E-state index >= 15 is 0 Å². The van der Waals surface area contributed by atoms with Crippen LogP contribution in [-0.2, 0) is 23.5 Å². The van der Waals surface area contributed by atoms with Crippen molar-refractivity contribution in [3.8, 4) is 16.9 Å². The first-order chi connectivity index (χ1) is 13.9. The van der Waals surface area contributed by atoms with E-state index in [1.807, 2.05) is 24.3 Å². The van der Waals surface area contributed by atoms with Crippen molar-refractivity contribution < 1.29 is 22.1 Å². The minimum atomic E-state index is -0.556. The van der Waals surface area contributed by atoms with Crippen LogP contribution in [0, 0.1) is 6.07 Å². The Kier molecular flexibility index (Phi) is 9.79. The minimum absolute atomic E-state index is 0.388. The molecule has 0 heterocycles. The van der Waals surface area contributed by atoms with E-state index in [1.54, 1.807) is 0 Å². The normalized spacial score (nSPS) is 11.0. The Morgan fingerprint density at radius 3 is 1.97 bits per heavy atom. The maximum Gasteiger partial charge on any atom is -0.0253 e. The fraction of sp³-hybridized carbons (Fsp3) is 0.280. The molecule has 0 saturated heterocycles. The predicted octanol–water partition coefficient (Wildman–Crippen LogP) is 8.07. The molecule has 0 aromatic heterocycles. The first kappa shape index (κ1) is 24.0. The molecule has 0 amide bonds. The summed E-state index contributed by atoms with van der Waals surface area (Å²) < 4.78 is 0. The van der Waals surface area contributed by atoms with Gasteiger partial charge in [0.15, 0.2) is 0 Å². The number of fused-ring (bicyclic) bond motifs is 3. The van der Waals surface area contributed by atoms with Crippen LogP contribution < -0.4 is 0 Å². The van der Waals surface area contributed by atoms with Gasteiger partial charge in [-0.3, -0.25) is 0 Å². The zero-order valence-electron chi connectivity index (χ0n) is 17.3. The van der Waals surface area contributed by atoms with Crippen LogP contribution in [0.5, 0.6) is 5.75 Å². The molecule has 1 nitrogen and oxygen atoms in total. The topological polar surface area (TPSA) is 20.2 Å². The third-order valence-corrected chi connectivity index (χ3v) is 4.96. The van der Waals surface area contributed by atoms with E-state index in [0.717, 1.165) is 17.5 Å². The van der Waals surface area contributed by atoms with Crippen LogP contribution in [0.4, 0.5) is 0 Å². The van der Waals surface area contributed by atoms with E-state index in [1.165, 1.54) is 22.3 Å². The smallest absolute Gasteiger partial charge is 0.0253 e. The molecule has 0 radical (unpaired) electrons. The Morgan fingerprint density at radius 1 is 0.828 bits per heavy atom. The maximum atomic E-state index is 9.93. The number of hydrogen-bond donors (Lipinski definition) is 1. The Hall–Kier alpha value is -1.25. The molecule has 0 saturated carbocycles. The fourth-order valence-electron chi connectivity index (χ4n) is 3.51. The van der Waals surface area contributed by atoms with Gasteiger partial charge in [-0.2, -0.15) is 29.8 Å². The van der Waals surface area contributed by atoms with E-state index in [0.29, 0.717) is 17.6 Å². The number of hydrogen-bond acceptors (Lipinski definition) is 1. The summed E-state index contributed by atoms with van der Waals surface area (Å²) in [6.07, 6.45) is 1.05. The standard InChI is InChI=1S/C13H9.C12H18O.2ClH.Ti/c1-3-7-12-10(5-1)9-11-6-2-4-8-13(11)12;1-8(2)10-6-5-7-11(9(3)4)12(10)13;;;/h1-5,7-8H,9H2;5-9,13H,1-4H3;2*1H;/q-1;;;;+2/p-2. The van der Waals surface area contributed by atoms with E-state index < -0.39 is 17.0 Å². The number of rotatable bonds is 2. The molecule has 1 aliphatic carbocycles. The van der Waals surface area contributed by atoms with Crippen LogP contribution in [0.3, 0.4) is 0 Å². The van der Waals surface area contributed by atoms with Crippen LogP contribution in [0.2, 0.25) is 0 Å². The molecule has 3 aromatic carbocycles. The molecule has 0 atom stereocenters. The molecule has 29 heavy (non-hydrogen) atoms. The first-order valence-electron chi connectivity index (χ1n) is 9.76. The number of aromatic hydroxyl groups is 1. The van der Waals surface area contributed by atoms with Crippen molar-refractivity contribution in [2.24, 2.45) is 0 Å². The molecule has 1 aliphatic rings. The van der Waals surface area contributed by atoms with E-state index in [4.69, 9.17) is 18.6 Å². The largest absolute Gasteiger partial charge is 0.179 e. The number of phenolic OH excluding ortho intramolecular Hbond substituents is 1. The van der Waals surface area contributed by atoms with Crippen molar-refractivity contribution in [3.63, 3.8) is 0 Å². The Labute approximate surface area is 191 Å². The van der Waals surface area contributed by atoms with Crippen molar-refractivity contribution in [1.82, 2.24) is 0 Å². The predicted molar refractivity (Wildman–Crippen MR) is 122 cm³/mol. The molecular formula is C25H27Cl2OTi-. The molecule has 0 fully saturated rings. The second-order valence-corrected chi connectivity index (χ2v) is 10.1. The fourth-order valence-corrected chi connectivity index (χ4v) is 3.51. The molecule has 0 aliphatic heterocycles. The monoisotopic (exact) mass is 461 g/mol. The van der Waals surface area contributed by atoms with Gasteiger partial charge >= 0.3 is 35.6 Å². The summed E-state index contributed by atoms with van der Waals surface area (Å²) in [7, 11) is 9.78. The summed E-state index contributed by atoms with van der Waals surface area (Å²) in [4.78, 5) is 0. The van der Waals surface area contributed by atoms with Crippen molar-refractivity contribution in [2.45, 2.75) is 46.0 Å². The zero-order valence-corrected chi connectivity index (χ0v) is 20.4. The van der Waals surface area contributed by atoms with Crippen molar-refractivity contribution in [3.05, 3.63) is 89.0 Å². The molecule has 3 aromatic rings. The molecule has 0 unspecified atom stereocenters. The molecule has 4 rings (SSSR count). The van der Waals surface area contributed by atoms with Crippen LogP contribution >= 0.6 is 18.6 Å². The van der Waals surface area contributed by atoms with Crippen molar-refractivity contribution in [1.29, 1.82) is 0 Å². The van der Waals surface area contributed by atoms with Crippen molar-refractivity contribution >= 4 is 18.6 Å². The molecule has 0 bridgehead atoms. The Balaban J connectivity index is 0.000000183. The molecule has 1 N–H and O–H groups in total. The maximum absolute atomic E-state index is 9.93. The van der Waals surface area contributed by atoms with Gasteiger partial charge in [0.2, 0.25) is 0 Å². The van der Waals surface area contributed by atoms with E-state index in [9.17, 15) is 5.11 Å². The van der Waals surface area contributed by atoms with Gasteiger partial charge in [0, 0.05) is 0 Å². The average molecular weight is 462 g/mol. The first-order valence-corrected chi connectivity index (χ1v) is 14.1. The SMILES string of the molecule is CC(C)c1cccc(C(C)C)c1O.[Cl][Ti][Cl].[c-]1cccc2c1Cc1ccccc1-2. The van der Waals surface area contributed by atoms with Crippen LogP contribution in [0.1, 0.15) is 61.8 Å². The molecular weight excluding hydrogens is 435 g/mol. The van der Waals surface area contributed by atoms with Crippen LogP contribution in [0.15, 0.2) is 60.7 Å². The second-order valence-electron chi connectivity index (χ2n) is 7.56. The average Bonchev–Trinajstić information content (AvgIpc) is 3.07. The molecule has 0 spiro atoms. The third-order valence-electron chi connectivity index (χ3n) is 4.96. The van der Waals surface area contributed by atoms with Crippen LogP contribution in [0.25, 0.3) is 11.1 Å². The van der Waals surface area contributed by atoms with Gasteiger partial charge in [-0.25, -0.2) is 0 Å². The minimum Gasteiger partial charge on any atom is -0.179 e. The third kappa shape index (κ3) is 6.36. The molecule has 4 heteroatoms. The van der Waals surface area contributed by atoms with E-state index in [2.05, 4.69) is 70.2 Å². The van der Waals surface area contributed by atoms with Gasteiger partial charge < -0.3 is 5.11 Å². The summed E-state index contributed by atoms with van der Waals surface area (Å²) in [6.45, 7) is 8.39. The summed E-state index contributed by atoms with van der Waals surface area (Å²) in [6, 6.07) is 24.1. The van der Waals surface area contributed by atoms with Gasteiger partial charge in [0.05, 0.1) is 0 Å².